The van der Waals surface area contributed by atoms with Crippen LogP contribution in [0.1, 0.15) is 52.4 Å². The quantitative estimate of drug-likeness (QED) is 0.659. The molecule has 0 aromatic rings. The summed E-state index contributed by atoms with van der Waals surface area (Å²) in [6.45, 7) is 4.47. The average Bonchev–Trinajstić information content (AvgIpc) is 2.32. The Morgan fingerprint density at radius 3 is 2.69 bits per heavy atom. The van der Waals surface area contributed by atoms with Gasteiger partial charge in [0.15, 0.2) is 0 Å². The molecule has 0 radical (unpaired) electrons. The molecule has 3 atom stereocenters. The highest BCUT2D eigenvalue weighted by Crippen LogP contribution is 2.17. The lowest BCUT2D eigenvalue weighted by atomic mass is 10.0. The maximum absolute atomic E-state index is 6.12. The van der Waals surface area contributed by atoms with E-state index in [1.54, 1.807) is 0 Å². The van der Waals surface area contributed by atoms with E-state index in [0.717, 1.165) is 0 Å². The molecule has 0 spiro atoms. The molecule has 0 aromatic heterocycles. The van der Waals surface area contributed by atoms with Crippen molar-refractivity contribution in [2.24, 2.45) is 5.73 Å². The summed E-state index contributed by atoms with van der Waals surface area (Å²) < 4.78 is 0. The van der Waals surface area contributed by atoms with Crippen LogP contribution in [0.5, 0.6) is 0 Å². The fourth-order valence-electron chi connectivity index (χ4n) is 2.03. The molecular formula is C11H24N2. The molecular weight excluding hydrogens is 160 g/mol. The largest absolute Gasteiger partial charge is 0.326 e. The third-order valence-electron chi connectivity index (χ3n) is 3.18. The van der Waals surface area contributed by atoms with Gasteiger partial charge < -0.3 is 11.1 Å². The van der Waals surface area contributed by atoms with Gasteiger partial charge in [-0.05, 0) is 26.2 Å². The fraction of sp³-hybridized carbons (Fsp3) is 1.00. The Bertz CT molecular complexity index is 136. The van der Waals surface area contributed by atoms with Gasteiger partial charge in [0, 0.05) is 18.1 Å². The minimum absolute atomic E-state index is 0.386. The Morgan fingerprint density at radius 1 is 1.31 bits per heavy atom. The minimum atomic E-state index is 0.386. The summed E-state index contributed by atoms with van der Waals surface area (Å²) in [6.07, 6.45) is 7.71. The second kappa shape index (κ2) is 5.61. The molecule has 3 unspecified atom stereocenters. The number of nitrogens with one attached hydrogen (secondary N) is 1. The van der Waals surface area contributed by atoms with Crippen LogP contribution in [0.3, 0.4) is 0 Å². The molecule has 13 heavy (non-hydrogen) atoms. The maximum atomic E-state index is 6.12. The van der Waals surface area contributed by atoms with Crippen LogP contribution in [0.2, 0.25) is 0 Å². The lowest BCUT2D eigenvalue weighted by Gasteiger charge is -2.26. The van der Waals surface area contributed by atoms with Crippen molar-refractivity contribution in [1.82, 2.24) is 5.32 Å². The fourth-order valence-corrected chi connectivity index (χ4v) is 2.03. The van der Waals surface area contributed by atoms with Crippen LogP contribution in [0.25, 0.3) is 0 Å². The lowest BCUT2D eigenvalue weighted by Crippen LogP contribution is -2.47. The van der Waals surface area contributed by atoms with Crippen LogP contribution < -0.4 is 11.1 Å². The second-order valence-corrected chi connectivity index (χ2v) is 4.38. The predicted octanol–water partition coefficient (Wildman–Crippen LogP) is 2.03. The minimum Gasteiger partial charge on any atom is -0.326 e. The van der Waals surface area contributed by atoms with Crippen molar-refractivity contribution in [2.75, 3.05) is 0 Å². The van der Waals surface area contributed by atoms with Gasteiger partial charge in [-0.15, -0.1) is 0 Å². The molecule has 1 aliphatic carbocycles. The molecule has 1 saturated carbocycles. The maximum Gasteiger partial charge on any atom is 0.0221 e. The van der Waals surface area contributed by atoms with Gasteiger partial charge in [-0.25, -0.2) is 0 Å². The highest BCUT2D eigenvalue weighted by molar-refractivity contribution is 4.83. The topological polar surface area (TPSA) is 38.0 Å². The van der Waals surface area contributed by atoms with Crippen LogP contribution in [-0.4, -0.2) is 18.1 Å². The van der Waals surface area contributed by atoms with Crippen molar-refractivity contribution in [2.45, 2.75) is 70.5 Å². The molecule has 0 aliphatic heterocycles. The van der Waals surface area contributed by atoms with Crippen LogP contribution in [0, 0.1) is 0 Å². The summed E-state index contributed by atoms with van der Waals surface area (Å²) in [6, 6.07) is 1.57. The zero-order valence-corrected chi connectivity index (χ0v) is 9.05. The van der Waals surface area contributed by atoms with Crippen molar-refractivity contribution in [3.05, 3.63) is 0 Å². The first-order valence-corrected chi connectivity index (χ1v) is 5.75. The molecule has 0 aromatic carbocycles. The van der Waals surface area contributed by atoms with Crippen LogP contribution in [-0.2, 0) is 0 Å². The standard InChI is InChI=1S/C11H24N2/c1-3-9(2)13-11-8-6-4-5-7-10(11)12/h9-11,13H,3-8,12H2,1-2H3. The normalized spacial score (nSPS) is 32.5. The van der Waals surface area contributed by atoms with Gasteiger partial charge in [0.2, 0.25) is 0 Å². The average molecular weight is 184 g/mol. The van der Waals surface area contributed by atoms with Gasteiger partial charge in [0.25, 0.3) is 0 Å². The first-order valence-electron chi connectivity index (χ1n) is 5.75. The van der Waals surface area contributed by atoms with E-state index in [1.807, 2.05) is 0 Å². The summed E-state index contributed by atoms with van der Waals surface area (Å²) in [5, 5.41) is 3.63. The predicted molar refractivity (Wildman–Crippen MR) is 57.7 cm³/mol. The summed E-state index contributed by atoms with van der Waals surface area (Å²) in [7, 11) is 0. The van der Waals surface area contributed by atoms with Gasteiger partial charge in [-0.1, -0.05) is 26.2 Å². The number of hydrogen-bond acceptors (Lipinski definition) is 2. The molecule has 1 aliphatic rings. The summed E-state index contributed by atoms with van der Waals surface area (Å²) in [4.78, 5) is 0. The van der Waals surface area contributed by atoms with Gasteiger partial charge in [-0.2, -0.15) is 0 Å². The van der Waals surface area contributed by atoms with Crippen LogP contribution in [0.15, 0.2) is 0 Å². The third kappa shape index (κ3) is 3.65. The monoisotopic (exact) mass is 184 g/mol. The van der Waals surface area contributed by atoms with Crippen molar-refractivity contribution in [3.63, 3.8) is 0 Å². The molecule has 1 rings (SSSR count). The Hall–Kier alpha value is -0.0800. The van der Waals surface area contributed by atoms with E-state index in [2.05, 4.69) is 19.2 Å². The van der Waals surface area contributed by atoms with Crippen molar-refractivity contribution in [1.29, 1.82) is 0 Å². The molecule has 0 saturated heterocycles. The van der Waals surface area contributed by atoms with Crippen LogP contribution in [0.4, 0.5) is 0 Å². The van der Waals surface area contributed by atoms with E-state index in [-0.39, 0.29) is 0 Å². The Morgan fingerprint density at radius 2 is 2.00 bits per heavy atom. The number of hydrogen-bond donors (Lipinski definition) is 2. The number of rotatable bonds is 3. The zero-order valence-electron chi connectivity index (χ0n) is 9.05. The Kier molecular flexibility index (Phi) is 4.74. The van der Waals surface area contributed by atoms with Gasteiger partial charge in [-0.3, -0.25) is 0 Å². The molecule has 0 heterocycles. The summed E-state index contributed by atoms with van der Waals surface area (Å²) >= 11 is 0. The summed E-state index contributed by atoms with van der Waals surface area (Å²) in [5.41, 5.74) is 6.12. The molecule has 3 N–H and O–H groups in total. The Balaban J connectivity index is 2.35. The van der Waals surface area contributed by atoms with Crippen LogP contribution >= 0.6 is 0 Å². The number of nitrogens with two attached hydrogens (primary N) is 1. The first-order chi connectivity index (χ1) is 6.24. The van der Waals surface area contributed by atoms with Gasteiger partial charge in [0.05, 0.1) is 0 Å². The Labute approximate surface area is 82.3 Å². The molecule has 2 nitrogen and oxygen atoms in total. The van der Waals surface area contributed by atoms with E-state index < -0.39 is 0 Å². The smallest absolute Gasteiger partial charge is 0.0221 e. The molecule has 0 amide bonds. The van der Waals surface area contributed by atoms with E-state index in [0.29, 0.717) is 18.1 Å². The van der Waals surface area contributed by atoms with Gasteiger partial charge >= 0.3 is 0 Å². The third-order valence-corrected chi connectivity index (χ3v) is 3.18. The van der Waals surface area contributed by atoms with E-state index >= 15 is 0 Å². The highest BCUT2D eigenvalue weighted by Gasteiger charge is 2.20. The molecule has 2 heteroatoms. The lowest BCUT2D eigenvalue weighted by molar-refractivity contribution is 0.365. The zero-order chi connectivity index (χ0) is 9.68. The van der Waals surface area contributed by atoms with E-state index in [9.17, 15) is 0 Å². The van der Waals surface area contributed by atoms with E-state index in [4.69, 9.17) is 5.73 Å². The SMILES string of the molecule is CCC(C)NC1CCCCCC1N. The van der Waals surface area contributed by atoms with Crippen molar-refractivity contribution in [3.8, 4) is 0 Å². The first kappa shape index (κ1) is 11.0. The van der Waals surface area contributed by atoms with E-state index in [1.165, 1.54) is 38.5 Å². The molecule has 1 fully saturated rings. The second-order valence-electron chi connectivity index (χ2n) is 4.38. The van der Waals surface area contributed by atoms with Gasteiger partial charge in [0.1, 0.15) is 0 Å². The summed E-state index contributed by atoms with van der Waals surface area (Å²) in [5.74, 6) is 0. The molecule has 0 bridgehead atoms. The molecule has 78 valence electrons. The van der Waals surface area contributed by atoms with Crippen molar-refractivity contribution >= 4 is 0 Å². The van der Waals surface area contributed by atoms with Crippen molar-refractivity contribution < 1.29 is 0 Å². The highest BCUT2D eigenvalue weighted by atomic mass is 15.0.